The van der Waals surface area contributed by atoms with Gasteiger partial charge < -0.3 is 15.2 Å². The standard InChI is InChI=1S/C11H11BrN2O5/c12-8-3-6(14(17)18)1-2-9(8)13-10-5-19-4-7(10)11(15)16/h1-3,7,10,13H,4-5H2,(H,15,16). The molecule has 0 radical (unpaired) electrons. The van der Waals surface area contributed by atoms with Gasteiger partial charge in [-0.1, -0.05) is 0 Å². The van der Waals surface area contributed by atoms with E-state index in [0.717, 1.165) is 0 Å². The molecule has 0 amide bonds. The van der Waals surface area contributed by atoms with Gasteiger partial charge in [0.15, 0.2) is 0 Å². The van der Waals surface area contributed by atoms with Crippen molar-refractivity contribution >= 4 is 33.3 Å². The van der Waals surface area contributed by atoms with Gasteiger partial charge in [0, 0.05) is 22.3 Å². The number of carboxylic acid groups (broad SMARTS) is 1. The second-order valence-corrected chi connectivity index (χ2v) is 5.01. The Labute approximate surface area is 116 Å². The number of nitrogens with zero attached hydrogens (tertiary/aromatic N) is 1. The molecule has 102 valence electrons. The van der Waals surface area contributed by atoms with Gasteiger partial charge in [0.1, 0.15) is 5.92 Å². The molecule has 1 aromatic carbocycles. The van der Waals surface area contributed by atoms with E-state index in [2.05, 4.69) is 21.2 Å². The van der Waals surface area contributed by atoms with Gasteiger partial charge in [-0.25, -0.2) is 0 Å². The minimum absolute atomic E-state index is 0.0325. The summed E-state index contributed by atoms with van der Waals surface area (Å²) in [6.45, 7) is 0.456. The largest absolute Gasteiger partial charge is 0.481 e. The quantitative estimate of drug-likeness (QED) is 0.645. The highest BCUT2D eigenvalue weighted by atomic mass is 79.9. The number of aliphatic carboxylic acids is 1. The molecule has 7 nitrogen and oxygen atoms in total. The Kier molecular flexibility index (Phi) is 4.01. The van der Waals surface area contributed by atoms with Crippen molar-refractivity contribution in [3.63, 3.8) is 0 Å². The summed E-state index contributed by atoms with van der Waals surface area (Å²) >= 11 is 3.22. The van der Waals surface area contributed by atoms with Crippen LogP contribution in [0.25, 0.3) is 0 Å². The molecule has 1 aromatic rings. The van der Waals surface area contributed by atoms with Crippen LogP contribution in [0.3, 0.4) is 0 Å². The van der Waals surface area contributed by atoms with Gasteiger partial charge in [-0.15, -0.1) is 0 Å². The average Bonchev–Trinajstić information content (AvgIpc) is 2.79. The smallest absolute Gasteiger partial charge is 0.311 e. The molecule has 0 aliphatic carbocycles. The molecule has 8 heteroatoms. The lowest BCUT2D eigenvalue weighted by molar-refractivity contribution is -0.384. The second kappa shape index (κ2) is 5.54. The maximum Gasteiger partial charge on any atom is 0.311 e. The summed E-state index contributed by atoms with van der Waals surface area (Å²) in [5, 5.41) is 22.7. The molecule has 1 heterocycles. The first-order valence-electron chi connectivity index (χ1n) is 5.50. The molecule has 2 N–H and O–H groups in total. The third-order valence-electron chi connectivity index (χ3n) is 2.90. The molecule has 0 aromatic heterocycles. The summed E-state index contributed by atoms with van der Waals surface area (Å²) < 4.78 is 5.65. The van der Waals surface area contributed by atoms with Gasteiger partial charge in [-0.3, -0.25) is 14.9 Å². The van der Waals surface area contributed by atoms with Gasteiger partial charge in [0.2, 0.25) is 0 Å². The third-order valence-corrected chi connectivity index (χ3v) is 3.56. The van der Waals surface area contributed by atoms with Crippen LogP contribution in [0.1, 0.15) is 0 Å². The lowest BCUT2D eigenvalue weighted by atomic mass is 10.0. The molecule has 1 fully saturated rings. The van der Waals surface area contributed by atoms with Crippen LogP contribution in [-0.2, 0) is 9.53 Å². The molecule has 2 atom stereocenters. The van der Waals surface area contributed by atoms with Crippen molar-refractivity contribution in [1.82, 2.24) is 0 Å². The van der Waals surface area contributed by atoms with E-state index in [9.17, 15) is 14.9 Å². The van der Waals surface area contributed by atoms with Crippen LogP contribution in [0, 0.1) is 16.0 Å². The predicted octanol–water partition coefficient (Wildman–Crippen LogP) is 1.87. The summed E-state index contributed by atoms with van der Waals surface area (Å²) in [7, 11) is 0. The normalized spacial score (nSPS) is 22.2. The number of nitro benzene ring substituents is 1. The number of hydrogen-bond donors (Lipinski definition) is 2. The van der Waals surface area contributed by atoms with Gasteiger partial charge in [-0.05, 0) is 22.0 Å². The highest BCUT2D eigenvalue weighted by molar-refractivity contribution is 9.10. The summed E-state index contributed by atoms with van der Waals surface area (Å²) in [4.78, 5) is 21.1. The van der Waals surface area contributed by atoms with Crippen molar-refractivity contribution in [1.29, 1.82) is 0 Å². The van der Waals surface area contributed by atoms with Crippen LogP contribution >= 0.6 is 15.9 Å². The number of non-ortho nitro benzene ring substituents is 1. The fraction of sp³-hybridized carbons (Fsp3) is 0.364. The molecule has 19 heavy (non-hydrogen) atoms. The zero-order chi connectivity index (χ0) is 14.0. The number of benzene rings is 1. The monoisotopic (exact) mass is 330 g/mol. The van der Waals surface area contributed by atoms with Crippen LogP contribution in [0.4, 0.5) is 11.4 Å². The van der Waals surface area contributed by atoms with E-state index in [-0.39, 0.29) is 18.3 Å². The average molecular weight is 331 g/mol. The number of halogens is 1. The van der Waals surface area contributed by atoms with E-state index in [1.54, 1.807) is 6.07 Å². The van der Waals surface area contributed by atoms with Crippen LogP contribution in [0.5, 0.6) is 0 Å². The summed E-state index contributed by atoms with van der Waals surface area (Å²) in [5.41, 5.74) is 0.572. The van der Waals surface area contributed by atoms with E-state index < -0.39 is 16.8 Å². The molecule has 2 rings (SSSR count). The van der Waals surface area contributed by atoms with E-state index in [0.29, 0.717) is 16.8 Å². The zero-order valence-corrected chi connectivity index (χ0v) is 11.3. The Balaban J connectivity index is 2.15. The van der Waals surface area contributed by atoms with Crippen LogP contribution in [-0.4, -0.2) is 35.3 Å². The molecule has 1 saturated heterocycles. The van der Waals surface area contributed by atoms with Crippen molar-refractivity contribution in [2.24, 2.45) is 5.92 Å². The van der Waals surface area contributed by atoms with Crippen molar-refractivity contribution in [2.45, 2.75) is 6.04 Å². The predicted molar refractivity (Wildman–Crippen MR) is 70.2 cm³/mol. The molecule has 2 unspecified atom stereocenters. The fourth-order valence-corrected chi connectivity index (χ4v) is 2.36. The Hall–Kier alpha value is -1.67. The molecule has 0 spiro atoms. The third kappa shape index (κ3) is 3.02. The molecule has 0 saturated carbocycles. The first-order chi connectivity index (χ1) is 8.99. The van der Waals surface area contributed by atoms with E-state index >= 15 is 0 Å². The van der Waals surface area contributed by atoms with Crippen molar-refractivity contribution < 1.29 is 19.6 Å². The first kappa shape index (κ1) is 13.8. The molecular weight excluding hydrogens is 320 g/mol. The summed E-state index contributed by atoms with van der Waals surface area (Å²) in [6.07, 6.45) is 0. The minimum Gasteiger partial charge on any atom is -0.481 e. The number of nitrogens with one attached hydrogen (secondary N) is 1. The number of nitro groups is 1. The maximum atomic E-state index is 11.0. The molecule has 1 aliphatic rings. The fourth-order valence-electron chi connectivity index (χ4n) is 1.87. The number of ether oxygens (including phenoxy) is 1. The van der Waals surface area contributed by atoms with Crippen LogP contribution in [0.2, 0.25) is 0 Å². The van der Waals surface area contributed by atoms with E-state index in [1.165, 1.54) is 12.1 Å². The minimum atomic E-state index is -0.923. The van der Waals surface area contributed by atoms with Gasteiger partial charge in [0.05, 0.1) is 24.2 Å². The van der Waals surface area contributed by atoms with Gasteiger partial charge >= 0.3 is 5.97 Å². The number of carbonyl (C=O) groups is 1. The van der Waals surface area contributed by atoms with Crippen molar-refractivity contribution in [3.05, 3.63) is 32.8 Å². The van der Waals surface area contributed by atoms with E-state index in [4.69, 9.17) is 9.84 Å². The highest BCUT2D eigenvalue weighted by Crippen LogP contribution is 2.29. The number of rotatable bonds is 4. The SMILES string of the molecule is O=C(O)C1COCC1Nc1ccc([N+](=O)[O-])cc1Br. The molecule has 1 aliphatic heterocycles. The molecular formula is C11H11BrN2O5. The second-order valence-electron chi connectivity index (χ2n) is 4.15. The summed E-state index contributed by atoms with van der Waals surface area (Å²) in [5.74, 6) is -1.55. The lowest BCUT2D eigenvalue weighted by Crippen LogP contribution is -2.33. The lowest BCUT2D eigenvalue weighted by Gasteiger charge is -2.17. The van der Waals surface area contributed by atoms with Gasteiger partial charge in [0.25, 0.3) is 5.69 Å². The van der Waals surface area contributed by atoms with E-state index in [1.807, 2.05) is 0 Å². The highest BCUT2D eigenvalue weighted by Gasteiger charge is 2.34. The van der Waals surface area contributed by atoms with Crippen molar-refractivity contribution in [2.75, 3.05) is 18.5 Å². The van der Waals surface area contributed by atoms with Crippen LogP contribution < -0.4 is 5.32 Å². The molecule has 0 bridgehead atoms. The number of hydrogen-bond acceptors (Lipinski definition) is 5. The van der Waals surface area contributed by atoms with Crippen LogP contribution in [0.15, 0.2) is 22.7 Å². The topological polar surface area (TPSA) is 102 Å². The Morgan fingerprint density at radius 3 is 2.84 bits per heavy atom. The first-order valence-corrected chi connectivity index (χ1v) is 6.29. The Morgan fingerprint density at radius 2 is 2.26 bits per heavy atom. The Morgan fingerprint density at radius 1 is 1.53 bits per heavy atom. The Bertz CT molecular complexity index is 522. The van der Waals surface area contributed by atoms with Gasteiger partial charge in [-0.2, -0.15) is 0 Å². The van der Waals surface area contributed by atoms with Crippen molar-refractivity contribution in [3.8, 4) is 0 Å². The maximum absolute atomic E-state index is 11.0. The summed E-state index contributed by atoms with van der Waals surface area (Å²) in [6, 6.07) is 3.92. The number of anilines is 1. The zero-order valence-electron chi connectivity index (χ0n) is 9.71. The number of carboxylic acids is 1.